The maximum Gasteiger partial charge on any atom is 0.340 e. The molecule has 0 unspecified atom stereocenters. The predicted molar refractivity (Wildman–Crippen MR) is 115 cm³/mol. The van der Waals surface area contributed by atoms with E-state index >= 15 is 0 Å². The van der Waals surface area contributed by atoms with Crippen LogP contribution in [0.4, 0.5) is 5.69 Å². The number of methoxy groups -OCH3 is 2. The number of aliphatic imine (C=N–C) groups is 1. The van der Waals surface area contributed by atoms with E-state index in [1.807, 2.05) is 31.4 Å². The van der Waals surface area contributed by atoms with Crippen molar-refractivity contribution >= 4 is 34.3 Å². The number of carbonyl (C=O) groups excluding carboxylic acids is 1. The molecule has 0 saturated heterocycles. The van der Waals surface area contributed by atoms with E-state index in [1.165, 1.54) is 11.8 Å². The van der Waals surface area contributed by atoms with E-state index in [0.717, 1.165) is 28.3 Å². The number of hydrazine groups is 1. The molecule has 29 heavy (non-hydrogen) atoms. The fourth-order valence-electron chi connectivity index (χ4n) is 3.01. The second kappa shape index (κ2) is 8.95. The molecule has 3 rings (SSSR count). The number of aryl methyl sites for hydroxylation is 1. The number of rotatable bonds is 6. The van der Waals surface area contributed by atoms with Gasteiger partial charge in [-0.15, -0.1) is 0 Å². The second-order valence-corrected chi connectivity index (χ2v) is 7.06. The molecule has 0 amide bonds. The van der Waals surface area contributed by atoms with Crippen molar-refractivity contribution in [2.24, 2.45) is 4.99 Å². The summed E-state index contributed by atoms with van der Waals surface area (Å²) in [4.78, 5) is 20.0. The van der Waals surface area contributed by atoms with Crippen molar-refractivity contribution in [3.05, 3.63) is 46.1 Å². The maximum atomic E-state index is 12.2. The van der Waals surface area contributed by atoms with Gasteiger partial charge in [0, 0.05) is 17.2 Å². The summed E-state index contributed by atoms with van der Waals surface area (Å²) in [5.74, 6) is 0.942. The molecule has 0 saturated carbocycles. The van der Waals surface area contributed by atoms with Crippen LogP contribution in [-0.2, 0) is 4.74 Å². The standard InChI is InChI=1S/C20H24N4O4S/c1-6-28-19(25)17-11(2)18(21-12(17)3)14-10-29-20(24-23-14)22-13-7-8-15(26-4)16(9-13)27-5/h7-10,21,23H,6H2,1-5H3,(H,22,24). The van der Waals surface area contributed by atoms with Gasteiger partial charge >= 0.3 is 5.97 Å². The number of aromatic amines is 1. The number of ether oxygens (including phenoxy) is 3. The molecule has 0 atom stereocenters. The molecule has 1 aliphatic rings. The van der Waals surface area contributed by atoms with Crippen molar-refractivity contribution in [3.8, 4) is 11.5 Å². The molecule has 1 aromatic heterocycles. The third-order valence-electron chi connectivity index (χ3n) is 4.38. The molecule has 0 radical (unpaired) electrons. The number of esters is 1. The van der Waals surface area contributed by atoms with Gasteiger partial charge in [0.15, 0.2) is 16.7 Å². The molecule has 9 heteroatoms. The number of hydrogen-bond donors (Lipinski definition) is 3. The van der Waals surface area contributed by atoms with Crippen LogP contribution in [0.2, 0.25) is 0 Å². The Morgan fingerprint density at radius 1 is 1.14 bits per heavy atom. The van der Waals surface area contributed by atoms with Crippen LogP contribution in [-0.4, -0.2) is 36.9 Å². The van der Waals surface area contributed by atoms with Crippen molar-refractivity contribution < 1.29 is 19.0 Å². The smallest absolute Gasteiger partial charge is 0.340 e. The highest BCUT2D eigenvalue weighted by atomic mass is 32.2. The lowest BCUT2D eigenvalue weighted by atomic mass is 10.1. The normalized spacial score (nSPS) is 14.7. The Kier molecular flexibility index (Phi) is 6.38. The van der Waals surface area contributed by atoms with Crippen LogP contribution in [0.15, 0.2) is 28.6 Å². The summed E-state index contributed by atoms with van der Waals surface area (Å²) in [5, 5.41) is 2.61. The van der Waals surface area contributed by atoms with Crippen LogP contribution < -0.4 is 20.3 Å². The van der Waals surface area contributed by atoms with Gasteiger partial charge in [0.25, 0.3) is 0 Å². The molecular formula is C20H24N4O4S. The largest absolute Gasteiger partial charge is 0.493 e. The minimum Gasteiger partial charge on any atom is -0.493 e. The van der Waals surface area contributed by atoms with Crippen LogP contribution in [0.25, 0.3) is 5.70 Å². The lowest BCUT2D eigenvalue weighted by Crippen LogP contribution is -2.37. The molecule has 2 heterocycles. The average molecular weight is 417 g/mol. The minimum absolute atomic E-state index is 0.322. The lowest BCUT2D eigenvalue weighted by Gasteiger charge is -2.19. The van der Waals surface area contributed by atoms with E-state index in [0.29, 0.717) is 28.8 Å². The first-order valence-electron chi connectivity index (χ1n) is 9.04. The molecule has 2 aromatic rings. The summed E-state index contributed by atoms with van der Waals surface area (Å²) in [6.07, 6.45) is 0. The highest BCUT2D eigenvalue weighted by molar-refractivity contribution is 8.16. The van der Waals surface area contributed by atoms with E-state index < -0.39 is 0 Å². The summed E-state index contributed by atoms with van der Waals surface area (Å²) in [5.41, 5.74) is 10.8. The number of amidine groups is 1. The number of thioether (sulfide) groups is 1. The number of nitrogens with one attached hydrogen (secondary N) is 3. The molecule has 154 valence electrons. The van der Waals surface area contributed by atoms with E-state index in [2.05, 4.69) is 20.8 Å². The third kappa shape index (κ3) is 4.34. The topological polar surface area (TPSA) is 97.0 Å². The fourth-order valence-corrected chi connectivity index (χ4v) is 3.69. The predicted octanol–water partition coefficient (Wildman–Crippen LogP) is 3.65. The van der Waals surface area contributed by atoms with Gasteiger partial charge in [0.1, 0.15) is 0 Å². The van der Waals surface area contributed by atoms with E-state index in [1.54, 1.807) is 27.2 Å². The highest BCUT2D eigenvalue weighted by Crippen LogP contribution is 2.32. The molecule has 1 aromatic carbocycles. The number of aromatic nitrogens is 1. The first-order chi connectivity index (χ1) is 14.0. The molecule has 0 fully saturated rings. The summed E-state index contributed by atoms with van der Waals surface area (Å²) in [6.45, 7) is 5.88. The second-order valence-electron chi connectivity index (χ2n) is 6.20. The van der Waals surface area contributed by atoms with Crippen molar-refractivity contribution in [1.29, 1.82) is 0 Å². The monoisotopic (exact) mass is 416 g/mol. The zero-order valence-corrected chi connectivity index (χ0v) is 17.8. The van der Waals surface area contributed by atoms with Crippen LogP contribution in [0, 0.1) is 13.8 Å². The van der Waals surface area contributed by atoms with E-state index in [9.17, 15) is 4.79 Å². The van der Waals surface area contributed by atoms with Crippen LogP contribution in [0.5, 0.6) is 11.5 Å². The SMILES string of the molecule is CCOC(=O)c1c(C)[nH]c(C2=CSC(=Nc3ccc(OC)c(OC)c3)NN2)c1C. The molecular weight excluding hydrogens is 392 g/mol. The van der Waals surface area contributed by atoms with Crippen molar-refractivity contribution in [2.75, 3.05) is 20.8 Å². The molecule has 0 bridgehead atoms. The molecule has 0 aliphatic carbocycles. The minimum atomic E-state index is -0.322. The fraction of sp³-hybridized carbons (Fsp3) is 0.300. The van der Waals surface area contributed by atoms with Crippen molar-refractivity contribution in [2.45, 2.75) is 20.8 Å². The Labute approximate surface area is 173 Å². The molecule has 8 nitrogen and oxygen atoms in total. The molecule has 3 N–H and O–H groups in total. The summed E-state index contributed by atoms with van der Waals surface area (Å²) < 4.78 is 15.7. The van der Waals surface area contributed by atoms with Crippen LogP contribution >= 0.6 is 11.8 Å². The van der Waals surface area contributed by atoms with E-state index in [4.69, 9.17) is 14.2 Å². The Bertz CT molecular complexity index is 981. The van der Waals surface area contributed by atoms with Gasteiger partial charge in [-0.1, -0.05) is 11.8 Å². The van der Waals surface area contributed by atoms with Crippen LogP contribution in [0.1, 0.15) is 34.2 Å². The van der Waals surface area contributed by atoms with Crippen LogP contribution in [0.3, 0.4) is 0 Å². The first-order valence-corrected chi connectivity index (χ1v) is 9.92. The Morgan fingerprint density at radius 2 is 1.90 bits per heavy atom. The lowest BCUT2D eigenvalue weighted by molar-refractivity contribution is 0.0525. The summed E-state index contributed by atoms with van der Waals surface area (Å²) in [6, 6.07) is 5.46. The molecule has 0 spiro atoms. The number of nitrogens with zero attached hydrogens (tertiary/aromatic N) is 1. The molecule has 1 aliphatic heterocycles. The highest BCUT2D eigenvalue weighted by Gasteiger charge is 2.22. The van der Waals surface area contributed by atoms with Crippen molar-refractivity contribution in [3.63, 3.8) is 0 Å². The summed E-state index contributed by atoms with van der Waals surface area (Å²) >= 11 is 1.43. The zero-order valence-electron chi connectivity index (χ0n) is 17.0. The average Bonchev–Trinajstić information content (AvgIpc) is 3.02. The maximum absolute atomic E-state index is 12.2. The number of H-pyrrole nitrogens is 1. The van der Waals surface area contributed by atoms with E-state index in [-0.39, 0.29) is 5.97 Å². The first kappa shape index (κ1) is 20.7. The van der Waals surface area contributed by atoms with Gasteiger partial charge in [-0.3, -0.25) is 10.9 Å². The van der Waals surface area contributed by atoms with Gasteiger partial charge < -0.3 is 19.2 Å². The van der Waals surface area contributed by atoms with Gasteiger partial charge in [-0.05, 0) is 38.5 Å². The number of hydrogen-bond acceptors (Lipinski definition) is 7. The van der Waals surface area contributed by atoms with Crippen molar-refractivity contribution in [1.82, 2.24) is 15.8 Å². The van der Waals surface area contributed by atoms with Gasteiger partial charge in [0.2, 0.25) is 0 Å². The zero-order chi connectivity index (χ0) is 21.0. The Balaban J connectivity index is 1.80. The number of carbonyl (C=O) groups is 1. The Morgan fingerprint density at radius 3 is 2.52 bits per heavy atom. The quantitative estimate of drug-likeness (QED) is 0.619. The van der Waals surface area contributed by atoms with Gasteiger partial charge in [-0.2, -0.15) is 0 Å². The van der Waals surface area contributed by atoms with Gasteiger partial charge in [-0.25, -0.2) is 9.79 Å². The number of benzene rings is 1. The third-order valence-corrected chi connectivity index (χ3v) is 5.15. The summed E-state index contributed by atoms with van der Waals surface area (Å²) in [7, 11) is 3.18. The Hall–Kier alpha value is -3.07. The van der Waals surface area contributed by atoms with Gasteiger partial charge in [0.05, 0.1) is 43.5 Å².